The maximum atomic E-state index is 12.5. The Hall–Kier alpha value is -1.84. The van der Waals surface area contributed by atoms with Gasteiger partial charge in [0.05, 0.1) is 24.3 Å². The number of benzene rings is 1. The Balaban J connectivity index is 2.22. The Morgan fingerprint density at radius 1 is 0.636 bits per heavy atom. The Bertz CT molecular complexity index is 638. The normalized spacial score (nSPS) is 11.0. The highest BCUT2D eigenvalue weighted by Gasteiger charge is 2.18. The van der Waals surface area contributed by atoms with Crippen molar-refractivity contribution in [2.24, 2.45) is 5.92 Å². The van der Waals surface area contributed by atoms with E-state index in [1.54, 1.807) is 24.3 Å². The van der Waals surface area contributed by atoms with Gasteiger partial charge in [-0.2, -0.15) is 0 Å². The minimum Gasteiger partial charge on any atom is -0.462 e. The first-order valence-corrected chi connectivity index (χ1v) is 13.5. The fourth-order valence-corrected chi connectivity index (χ4v) is 3.92. The number of esters is 2. The number of unbranched alkanes of at least 4 members (excludes halogenated alkanes) is 12. The highest BCUT2D eigenvalue weighted by molar-refractivity contribution is 6.03. The summed E-state index contributed by atoms with van der Waals surface area (Å²) in [6.45, 7) is 7.51. The van der Waals surface area contributed by atoms with Crippen molar-refractivity contribution in [1.82, 2.24) is 0 Å². The summed E-state index contributed by atoms with van der Waals surface area (Å²) in [5.74, 6) is -0.139. The van der Waals surface area contributed by atoms with Crippen molar-refractivity contribution in [3.8, 4) is 0 Å². The van der Waals surface area contributed by atoms with Crippen molar-refractivity contribution in [3.63, 3.8) is 0 Å². The molecule has 1 rings (SSSR count). The van der Waals surface area contributed by atoms with Crippen molar-refractivity contribution in [2.45, 2.75) is 117 Å². The number of ether oxygens (including phenoxy) is 2. The second kappa shape index (κ2) is 19.6. The molecular formula is C29H48O4. The van der Waals surface area contributed by atoms with E-state index >= 15 is 0 Å². The van der Waals surface area contributed by atoms with Gasteiger partial charge in [0.1, 0.15) is 0 Å². The molecule has 0 bridgehead atoms. The largest absolute Gasteiger partial charge is 0.462 e. The molecule has 0 spiro atoms. The summed E-state index contributed by atoms with van der Waals surface area (Å²) in [6, 6.07) is 6.79. The van der Waals surface area contributed by atoms with Crippen LogP contribution in [0.4, 0.5) is 0 Å². The van der Waals surface area contributed by atoms with Crippen LogP contribution in [-0.2, 0) is 9.47 Å². The van der Waals surface area contributed by atoms with Crippen molar-refractivity contribution in [1.29, 1.82) is 0 Å². The van der Waals surface area contributed by atoms with Crippen LogP contribution in [0.5, 0.6) is 0 Å². The van der Waals surface area contributed by atoms with E-state index in [1.165, 1.54) is 64.2 Å². The van der Waals surface area contributed by atoms with Gasteiger partial charge >= 0.3 is 11.9 Å². The Morgan fingerprint density at radius 2 is 1.03 bits per heavy atom. The molecule has 0 atom stereocenters. The van der Waals surface area contributed by atoms with Gasteiger partial charge in [-0.3, -0.25) is 0 Å². The maximum absolute atomic E-state index is 12.5. The number of rotatable bonds is 20. The second-order valence-electron chi connectivity index (χ2n) is 9.60. The third kappa shape index (κ3) is 14.8. The lowest BCUT2D eigenvalue weighted by atomic mass is 10.0. The van der Waals surface area contributed by atoms with Crippen molar-refractivity contribution < 1.29 is 19.1 Å². The molecule has 33 heavy (non-hydrogen) atoms. The molecule has 0 aliphatic carbocycles. The third-order valence-electron chi connectivity index (χ3n) is 6.01. The molecule has 4 heteroatoms. The highest BCUT2D eigenvalue weighted by Crippen LogP contribution is 2.15. The van der Waals surface area contributed by atoms with Crippen LogP contribution >= 0.6 is 0 Å². The van der Waals surface area contributed by atoms with E-state index in [4.69, 9.17) is 9.47 Å². The fourth-order valence-electron chi connectivity index (χ4n) is 3.92. The molecule has 0 unspecified atom stereocenters. The van der Waals surface area contributed by atoms with Crippen LogP contribution in [-0.4, -0.2) is 25.2 Å². The van der Waals surface area contributed by atoms with Gasteiger partial charge in [0.15, 0.2) is 0 Å². The minimum atomic E-state index is -0.441. The zero-order valence-electron chi connectivity index (χ0n) is 21.5. The lowest BCUT2D eigenvalue weighted by Gasteiger charge is -2.10. The van der Waals surface area contributed by atoms with E-state index in [2.05, 4.69) is 20.8 Å². The summed E-state index contributed by atoms with van der Waals surface area (Å²) >= 11 is 0. The van der Waals surface area contributed by atoms with Gasteiger partial charge < -0.3 is 9.47 Å². The molecule has 0 aliphatic heterocycles. The molecular weight excluding hydrogens is 412 g/mol. The van der Waals surface area contributed by atoms with E-state index in [9.17, 15) is 9.59 Å². The fraction of sp³-hybridized carbons (Fsp3) is 0.724. The van der Waals surface area contributed by atoms with Crippen LogP contribution in [0.15, 0.2) is 24.3 Å². The van der Waals surface area contributed by atoms with Crippen LogP contribution in [0, 0.1) is 5.92 Å². The molecule has 0 amide bonds. The molecule has 1 aromatic rings. The van der Waals surface area contributed by atoms with Crippen LogP contribution in [0.1, 0.15) is 138 Å². The van der Waals surface area contributed by atoms with Crippen LogP contribution in [0.25, 0.3) is 0 Å². The molecule has 1 aromatic carbocycles. The topological polar surface area (TPSA) is 52.6 Å². The summed E-state index contributed by atoms with van der Waals surface area (Å²) in [5.41, 5.74) is 0.594. The lowest BCUT2D eigenvalue weighted by molar-refractivity contribution is 0.0450. The molecule has 0 aliphatic rings. The molecule has 4 nitrogen and oxygen atoms in total. The van der Waals surface area contributed by atoms with Gasteiger partial charge in [0.2, 0.25) is 0 Å². The average Bonchev–Trinajstić information content (AvgIpc) is 2.81. The van der Waals surface area contributed by atoms with Crippen molar-refractivity contribution in [3.05, 3.63) is 35.4 Å². The minimum absolute atomic E-state index is 0.297. The molecule has 0 fully saturated rings. The maximum Gasteiger partial charge on any atom is 0.339 e. The quantitative estimate of drug-likeness (QED) is 0.144. The van der Waals surface area contributed by atoms with E-state index in [-0.39, 0.29) is 0 Å². The van der Waals surface area contributed by atoms with Crippen LogP contribution < -0.4 is 0 Å². The van der Waals surface area contributed by atoms with Gasteiger partial charge in [-0.05, 0) is 30.9 Å². The highest BCUT2D eigenvalue weighted by atomic mass is 16.5. The number of carbonyl (C=O) groups excluding carboxylic acids is 2. The van der Waals surface area contributed by atoms with Gasteiger partial charge in [-0.15, -0.1) is 0 Å². The first-order valence-electron chi connectivity index (χ1n) is 13.5. The molecule has 0 N–H and O–H groups in total. The Morgan fingerprint density at radius 3 is 1.45 bits per heavy atom. The molecule has 0 aromatic heterocycles. The molecule has 0 heterocycles. The monoisotopic (exact) mass is 460 g/mol. The van der Waals surface area contributed by atoms with E-state index in [0.29, 0.717) is 24.3 Å². The summed E-state index contributed by atoms with van der Waals surface area (Å²) in [6.07, 6.45) is 17.9. The number of hydrogen-bond donors (Lipinski definition) is 0. The van der Waals surface area contributed by atoms with E-state index in [0.717, 1.165) is 38.0 Å². The van der Waals surface area contributed by atoms with E-state index in [1.807, 2.05) is 0 Å². The zero-order chi connectivity index (χ0) is 24.2. The van der Waals surface area contributed by atoms with E-state index < -0.39 is 11.9 Å². The summed E-state index contributed by atoms with van der Waals surface area (Å²) in [7, 11) is 0. The first kappa shape index (κ1) is 29.2. The summed E-state index contributed by atoms with van der Waals surface area (Å²) in [5, 5.41) is 0. The zero-order valence-corrected chi connectivity index (χ0v) is 21.5. The van der Waals surface area contributed by atoms with Gasteiger partial charge in [-0.25, -0.2) is 9.59 Å². The number of carbonyl (C=O) groups is 2. The summed E-state index contributed by atoms with van der Waals surface area (Å²) < 4.78 is 10.8. The van der Waals surface area contributed by atoms with Gasteiger partial charge in [0.25, 0.3) is 0 Å². The Kier molecular flexibility index (Phi) is 17.4. The molecule has 0 radical (unpaired) electrons. The molecule has 0 saturated heterocycles. The lowest BCUT2D eigenvalue weighted by Crippen LogP contribution is -2.15. The average molecular weight is 461 g/mol. The first-order chi connectivity index (χ1) is 16.1. The SMILES string of the molecule is CCCCCCCCCCCCOC(=O)c1ccccc1C(=O)OCCCCCCC(C)C. The van der Waals surface area contributed by atoms with Gasteiger partial charge in [0, 0.05) is 0 Å². The second-order valence-corrected chi connectivity index (χ2v) is 9.60. The summed E-state index contributed by atoms with van der Waals surface area (Å²) in [4.78, 5) is 25.0. The third-order valence-corrected chi connectivity index (χ3v) is 6.01. The molecule has 0 saturated carbocycles. The Labute approximate surface area is 202 Å². The predicted octanol–water partition coefficient (Wildman–Crippen LogP) is 8.53. The van der Waals surface area contributed by atoms with Crippen molar-refractivity contribution >= 4 is 11.9 Å². The standard InChI is InChI=1S/C29H48O4/c1-4-5-6-7-8-9-10-11-13-18-23-32-28(30)26-21-16-17-22-27(26)29(31)33-24-19-14-12-15-20-25(2)3/h16-17,21-22,25H,4-15,18-20,23-24H2,1-3H3. The van der Waals surface area contributed by atoms with Crippen LogP contribution in [0.2, 0.25) is 0 Å². The number of hydrogen-bond acceptors (Lipinski definition) is 4. The molecule has 188 valence electrons. The van der Waals surface area contributed by atoms with Crippen LogP contribution in [0.3, 0.4) is 0 Å². The predicted molar refractivity (Wildman–Crippen MR) is 137 cm³/mol. The smallest absolute Gasteiger partial charge is 0.339 e. The van der Waals surface area contributed by atoms with Crippen molar-refractivity contribution in [2.75, 3.05) is 13.2 Å². The van der Waals surface area contributed by atoms with Gasteiger partial charge in [-0.1, -0.05) is 116 Å².